The molecule has 3 heterocycles. The zero-order chi connectivity index (χ0) is 27.8. The molecule has 1 saturated carbocycles. The maximum Gasteiger partial charge on any atom is 0.445 e. The summed E-state index contributed by atoms with van der Waals surface area (Å²) in [5, 5.41) is 11.2. The molecule has 0 radical (unpaired) electrons. The molecule has 1 N–H and O–H groups in total. The molecule has 5 aromatic rings. The molecule has 9 nitrogen and oxygen atoms in total. The van der Waals surface area contributed by atoms with Crippen LogP contribution in [0.4, 0.5) is 14.9 Å². The largest absolute Gasteiger partial charge is 0.480 e. The van der Waals surface area contributed by atoms with Crippen molar-refractivity contribution in [3.05, 3.63) is 65.9 Å². The summed E-state index contributed by atoms with van der Waals surface area (Å²) in [6.45, 7) is 1.95. The van der Waals surface area contributed by atoms with Gasteiger partial charge in [-0.2, -0.15) is 0 Å². The highest BCUT2D eigenvalue weighted by atomic mass is 32.1. The van der Waals surface area contributed by atoms with Gasteiger partial charge >= 0.3 is 6.09 Å². The molecule has 0 saturated heterocycles. The first kappa shape index (κ1) is 25.9. The van der Waals surface area contributed by atoms with Crippen molar-refractivity contribution < 1.29 is 23.9 Å². The Morgan fingerprint density at radius 2 is 1.90 bits per heavy atom. The van der Waals surface area contributed by atoms with Gasteiger partial charge in [0.15, 0.2) is 11.6 Å². The fourth-order valence-corrected chi connectivity index (χ4v) is 6.10. The monoisotopic (exact) mass is 559 g/mol. The highest BCUT2D eigenvalue weighted by Crippen LogP contribution is 2.38. The number of ether oxygens (including phenoxy) is 1. The van der Waals surface area contributed by atoms with Crippen LogP contribution in [-0.4, -0.2) is 38.2 Å². The van der Waals surface area contributed by atoms with E-state index in [4.69, 9.17) is 9.57 Å². The standard InChI is InChI=1S/C29H26FN5O4S/c1-16-10-19(27-23(11-16)33-26(38-2)15-32-27)28-34-22-13-20(30)24(14-25(22)40-28)39-35(29(36)37)18-8-9-31-21(12-18)17-6-4-3-5-7-17/h8-15,17H,3-7H2,1-2H3,(H,36,37). The maximum atomic E-state index is 15.2. The Kier molecular flexibility index (Phi) is 6.89. The lowest BCUT2D eigenvalue weighted by molar-refractivity contribution is 0.166. The van der Waals surface area contributed by atoms with Crippen LogP contribution in [0.25, 0.3) is 31.8 Å². The minimum atomic E-state index is -1.37. The van der Waals surface area contributed by atoms with E-state index in [2.05, 4.69) is 19.9 Å². The smallest absolute Gasteiger partial charge is 0.445 e. The first-order valence-corrected chi connectivity index (χ1v) is 13.8. The average molecular weight is 560 g/mol. The molecule has 0 aliphatic heterocycles. The third-order valence-corrected chi connectivity index (χ3v) is 8.09. The number of hydrogen-bond donors (Lipinski definition) is 1. The summed E-state index contributed by atoms with van der Waals surface area (Å²) >= 11 is 1.33. The van der Waals surface area contributed by atoms with E-state index in [-0.39, 0.29) is 17.4 Å². The Hall–Kier alpha value is -4.38. The third-order valence-electron chi connectivity index (χ3n) is 7.04. The predicted octanol–water partition coefficient (Wildman–Crippen LogP) is 7.28. The first-order chi connectivity index (χ1) is 19.4. The summed E-state index contributed by atoms with van der Waals surface area (Å²) in [5.41, 5.74) is 4.53. The third kappa shape index (κ3) is 5.00. The van der Waals surface area contributed by atoms with Crippen LogP contribution in [0.2, 0.25) is 0 Å². The molecule has 0 spiro atoms. The van der Waals surface area contributed by atoms with E-state index < -0.39 is 11.9 Å². The number of nitrogens with zero attached hydrogens (tertiary/aromatic N) is 5. The zero-order valence-corrected chi connectivity index (χ0v) is 22.7. The molecule has 1 fully saturated rings. The van der Waals surface area contributed by atoms with Gasteiger partial charge in [0.1, 0.15) is 5.01 Å². The molecule has 204 valence electrons. The van der Waals surface area contributed by atoms with Gasteiger partial charge in [0.05, 0.1) is 40.2 Å². The summed E-state index contributed by atoms with van der Waals surface area (Å²) < 4.78 is 21.1. The number of hydroxylamine groups is 1. The van der Waals surface area contributed by atoms with Crippen molar-refractivity contribution in [2.45, 2.75) is 44.9 Å². The van der Waals surface area contributed by atoms with Crippen molar-refractivity contribution in [3.63, 3.8) is 0 Å². The summed E-state index contributed by atoms with van der Waals surface area (Å²) in [6.07, 6.45) is 7.21. The molecule has 1 aliphatic rings. The molecule has 3 aromatic heterocycles. The van der Waals surface area contributed by atoms with Gasteiger partial charge in [0, 0.05) is 35.5 Å². The molecular formula is C29H26FN5O4S. The number of carboxylic acid groups (broad SMARTS) is 1. The molecular weight excluding hydrogens is 533 g/mol. The van der Waals surface area contributed by atoms with E-state index in [1.807, 2.05) is 19.1 Å². The van der Waals surface area contributed by atoms with E-state index in [9.17, 15) is 9.90 Å². The number of anilines is 1. The summed E-state index contributed by atoms with van der Waals surface area (Å²) in [7, 11) is 1.53. The minimum absolute atomic E-state index is 0.222. The van der Waals surface area contributed by atoms with Crippen LogP contribution >= 0.6 is 11.3 Å². The number of pyridine rings is 1. The van der Waals surface area contributed by atoms with E-state index in [1.165, 1.54) is 37.0 Å². The van der Waals surface area contributed by atoms with Gasteiger partial charge in [-0.3, -0.25) is 4.98 Å². The van der Waals surface area contributed by atoms with Gasteiger partial charge in [-0.1, -0.05) is 19.3 Å². The van der Waals surface area contributed by atoms with Crippen molar-refractivity contribution in [1.82, 2.24) is 19.9 Å². The van der Waals surface area contributed by atoms with Crippen molar-refractivity contribution in [2.75, 3.05) is 12.2 Å². The van der Waals surface area contributed by atoms with E-state index in [0.717, 1.165) is 42.5 Å². The Balaban J connectivity index is 1.35. The molecule has 40 heavy (non-hydrogen) atoms. The van der Waals surface area contributed by atoms with Gasteiger partial charge < -0.3 is 14.7 Å². The zero-order valence-electron chi connectivity index (χ0n) is 21.9. The van der Waals surface area contributed by atoms with Crippen LogP contribution in [-0.2, 0) is 0 Å². The molecule has 1 aliphatic carbocycles. The fraction of sp³-hybridized carbons (Fsp3) is 0.276. The molecule has 0 unspecified atom stereocenters. The van der Waals surface area contributed by atoms with Crippen LogP contribution in [0.1, 0.15) is 49.3 Å². The lowest BCUT2D eigenvalue weighted by Gasteiger charge is -2.23. The summed E-state index contributed by atoms with van der Waals surface area (Å²) in [4.78, 5) is 35.9. The lowest BCUT2D eigenvalue weighted by atomic mass is 9.86. The first-order valence-electron chi connectivity index (χ1n) is 13.0. The second kappa shape index (κ2) is 10.6. The summed E-state index contributed by atoms with van der Waals surface area (Å²) in [6, 6.07) is 9.83. The number of aryl methyl sites for hydroxylation is 1. The molecule has 0 bridgehead atoms. The van der Waals surface area contributed by atoms with Crippen molar-refractivity contribution >= 4 is 44.4 Å². The van der Waals surface area contributed by atoms with Crippen LogP contribution in [0.5, 0.6) is 11.6 Å². The highest BCUT2D eigenvalue weighted by Gasteiger charge is 2.24. The van der Waals surface area contributed by atoms with Crippen LogP contribution < -0.4 is 14.6 Å². The Bertz CT molecular complexity index is 1740. The number of benzene rings is 2. The number of fused-ring (bicyclic) bond motifs is 2. The predicted molar refractivity (Wildman–Crippen MR) is 151 cm³/mol. The Labute approximate surface area is 233 Å². The number of aromatic nitrogens is 4. The average Bonchev–Trinajstić information content (AvgIpc) is 3.37. The van der Waals surface area contributed by atoms with Crippen LogP contribution in [0.3, 0.4) is 0 Å². The van der Waals surface area contributed by atoms with Crippen molar-refractivity contribution in [2.24, 2.45) is 0 Å². The van der Waals surface area contributed by atoms with Gasteiger partial charge in [-0.05, 0) is 49.6 Å². The van der Waals surface area contributed by atoms with Gasteiger partial charge in [0.25, 0.3) is 0 Å². The second-order valence-corrected chi connectivity index (χ2v) is 10.8. The number of rotatable bonds is 6. The maximum absolute atomic E-state index is 15.2. The van der Waals surface area contributed by atoms with Crippen molar-refractivity contribution in [3.8, 4) is 22.2 Å². The van der Waals surface area contributed by atoms with E-state index in [1.54, 1.807) is 24.5 Å². The number of amides is 1. The Morgan fingerprint density at radius 1 is 1.07 bits per heavy atom. The minimum Gasteiger partial charge on any atom is -0.480 e. The number of hydrogen-bond acceptors (Lipinski definition) is 8. The second-order valence-electron chi connectivity index (χ2n) is 9.80. The highest BCUT2D eigenvalue weighted by molar-refractivity contribution is 7.21. The normalized spacial score (nSPS) is 14.0. The number of methoxy groups -OCH3 is 1. The van der Waals surface area contributed by atoms with Crippen LogP contribution in [0, 0.1) is 12.7 Å². The fourth-order valence-electron chi connectivity index (χ4n) is 5.11. The molecule has 11 heteroatoms. The molecule has 0 atom stereocenters. The molecule has 1 amide bonds. The quantitative estimate of drug-likeness (QED) is 0.216. The van der Waals surface area contributed by atoms with Gasteiger partial charge in [-0.25, -0.2) is 24.1 Å². The van der Waals surface area contributed by atoms with E-state index in [0.29, 0.717) is 37.2 Å². The molecule has 6 rings (SSSR count). The Morgan fingerprint density at radius 3 is 2.67 bits per heavy atom. The SMILES string of the molecule is COc1cnc2c(-c3nc4cc(F)c(ON(C(=O)O)c5ccnc(C6CCCCC6)c5)cc4s3)cc(C)cc2n1. The van der Waals surface area contributed by atoms with Crippen molar-refractivity contribution in [1.29, 1.82) is 0 Å². The summed E-state index contributed by atoms with van der Waals surface area (Å²) in [5.74, 6) is -0.271. The number of thiazole rings is 1. The number of carbonyl (C=O) groups is 1. The van der Waals surface area contributed by atoms with E-state index >= 15 is 4.39 Å². The van der Waals surface area contributed by atoms with Gasteiger partial charge in [-0.15, -0.1) is 16.4 Å². The lowest BCUT2D eigenvalue weighted by Crippen LogP contribution is -2.33. The topological polar surface area (TPSA) is 111 Å². The molecule has 2 aromatic carbocycles. The van der Waals surface area contributed by atoms with Gasteiger partial charge in [0.2, 0.25) is 5.88 Å². The van der Waals surface area contributed by atoms with Crippen LogP contribution in [0.15, 0.2) is 48.8 Å². The number of halogens is 1.